The van der Waals surface area contributed by atoms with E-state index in [1.165, 1.54) is 0 Å². The van der Waals surface area contributed by atoms with Crippen LogP contribution in [0, 0.1) is 0 Å². The van der Waals surface area contributed by atoms with E-state index in [1.54, 1.807) is 0 Å². The molecule has 0 aromatic rings. The van der Waals surface area contributed by atoms with Gasteiger partial charge in [0, 0.05) is 50.0 Å². The van der Waals surface area contributed by atoms with Crippen molar-refractivity contribution in [2.45, 2.75) is 91.9 Å². The zero-order valence-electron chi connectivity index (χ0n) is 22.3. The summed E-state index contributed by atoms with van der Waals surface area (Å²) < 4.78 is 44.4. The maximum Gasteiger partial charge on any atom is 0.503 e. The van der Waals surface area contributed by atoms with Gasteiger partial charge >= 0.3 is 17.6 Å². The van der Waals surface area contributed by atoms with Crippen LogP contribution in [0.5, 0.6) is 0 Å². The largest absolute Gasteiger partial charge is 0.503 e. The Morgan fingerprint density at radius 2 is 0.645 bits per heavy atom. The first-order valence-corrected chi connectivity index (χ1v) is 21.5. The molecule has 0 aliphatic rings. The minimum atomic E-state index is -2.88. The molecule has 0 saturated carbocycles. The lowest BCUT2D eigenvalue weighted by Gasteiger charge is -2.47. The third kappa shape index (κ3) is 8.39. The maximum absolute atomic E-state index is 7.11. The second-order valence-corrected chi connectivity index (χ2v) is 24.6. The van der Waals surface area contributed by atoms with Crippen molar-refractivity contribution in [3.8, 4) is 0 Å². The molecule has 0 bridgehead atoms. The normalized spacial score (nSPS) is 15.9. The molecule has 0 rings (SSSR count). The van der Waals surface area contributed by atoms with Gasteiger partial charge in [-0.3, -0.25) is 0 Å². The second-order valence-electron chi connectivity index (χ2n) is 8.56. The second kappa shape index (κ2) is 14.1. The Kier molecular flexibility index (Phi) is 14.4. The Bertz CT molecular complexity index is 418. The number of rotatable bonds is 18. The van der Waals surface area contributed by atoms with Crippen LogP contribution in [0.3, 0.4) is 0 Å². The molecule has 188 valence electrons. The molecule has 0 aromatic heterocycles. The van der Waals surface area contributed by atoms with Crippen LogP contribution in [-0.4, -0.2) is 73.9 Å². The average molecular weight is 515 g/mol. The van der Waals surface area contributed by atoms with Crippen molar-refractivity contribution in [3.05, 3.63) is 0 Å². The predicted octanol–water partition coefficient (Wildman–Crippen LogP) is 5.37. The van der Waals surface area contributed by atoms with Crippen molar-refractivity contribution in [2.24, 2.45) is 0 Å². The lowest BCUT2D eigenvalue weighted by atomic mass is 10.9. The number of hydrogen-bond acceptors (Lipinski definition) is 7. The third-order valence-corrected chi connectivity index (χ3v) is 26.7. The monoisotopic (exact) mass is 514 g/mol. The summed E-state index contributed by atoms with van der Waals surface area (Å²) in [7, 11) is -10.4. The van der Waals surface area contributed by atoms with E-state index in [0.717, 1.165) is 0 Å². The van der Waals surface area contributed by atoms with Gasteiger partial charge in [0.25, 0.3) is 0 Å². The van der Waals surface area contributed by atoms with E-state index >= 15 is 0 Å². The van der Waals surface area contributed by atoms with Gasteiger partial charge in [-0.05, 0) is 67.7 Å². The quantitative estimate of drug-likeness (QED) is 0.228. The van der Waals surface area contributed by atoms with E-state index in [-0.39, 0.29) is 10.3 Å². The van der Waals surface area contributed by atoms with Crippen molar-refractivity contribution in [2.75, 3.05) is 39.6 Å². The highest BCUT2D eigenvalue weighted by molar-refractivity contribution is 6.97. The molecule has 0 N–H and O–H groups in total. The van der Waals surface area contributed by atoms with Crippen LogP contribution in [0.2, 0.25) is 36.5 Å². The zero-order valence-corrected chi connectivity index (χ0v) is 26.3. The third-order valence-electron chi connectivity index (χ3n) is 5.75. The van der Waals surface area contributed by atoms with Crippen LogP contribution in [-0.2, 0) is 30.7 Å². The van der Waals surface area contributed by atoms with Gasteiger partial charge in [0.2, 0.25) is 0 Å². The van der Waals surface area contributed by atoms with Crippen molar-refractivity contribution in [1.82, 2.24) is 0 Å². The summed E-state index contributed by atoms with van der Waals surface area (Å²) in [4.78, 5) is 0. The van der Waals surface area contributed by atoms with Gasteiger partial charge in [0.1, 0.15) is 0 Å². The van der Waals surface area contributed by atoms with Crippen LogP contribution >= 0.6 is 0 Å². The van der Waals surface area contributed by atoms with Gasteiger partial charge < -0.3 is 30.7 Å². The summed E-state index contributed by atoms with van der Waals surface area (Å²) in [5.41, 5.74) is 0. The molecule has 2 atom stereocenters. The molecule has 0 heterocycles. The molecule has 31 heavy (non-hydrogen) atoms. The summed E-state index contributed by atoms with van der Waals surface area (Å²) in [6, 6.07) is 0. The molecule has 11 heteroatoms. The van der Waals surface area contributed by atoms with Gasteiger partial charge in [-0.15, -0.1) is 0 Å². The van der Waals surface area contributed by atoms with Gasteiger partial charge in [0.15, 0.2) is 16.6 Å². The van der Waals surface area contributed by atoms with E-state index in [2.05, 4.69) is 40.0 Å². The van der Waals surface area contributed by atoms with Crippen molar-refractivity contribution in [3.63, 3.8) is 0 Å². The highest BCUT2D eigenvalue weighted by Gasteiger charge is 2.60. The minimum absolute atomic E-state index is 0.0844. The summed E-state index contributed by atoms with van der Waals surface area (Å²) in [6.45, 7) is 28.7. The molecule has 2 unspecified atom stereocenters. The van der Waals surface area contributed by atoms with Crippen molar-refractivity contribution < 1.29 is 30.7 Å². The van der Waals surface area contributed by atoms with Gasteiger partial charge in [0.05, 0.1) is 0 Å². The molecular formula is C20H50O7Si4. The molecule has 0 amide bonds. The Balaban J connectivity index is 5.99. The predicted molar refractivity (Wildman–Crippen MR) is 136 cm³/mol. The lowest BCUT2D eigenvalue weighted by molar-refractivity contribution is 0.0669. The van der Waals surface area contributed by atoms with E-state index in [9.17, 15) is 0 Å². The smallest absolute Gasteiger partial charge is 0.455 e. The van der Waals surface area contributed by atoms with Crippen LogP contribution < -0.4 is 0 Å². The van der Waals surface area contributed by atoms with Crippen LogP contribution in [0.15, 0.2) is 0 Å². The first kappa shape index (κ1) is 31.6. The van der Waals surface area contributed by atoms with Crippen molar-refractivity contribution >= 4 is 34.2 Å². The molecule has 0 spiro atoms. The van der Waals surface area contributed by atoms with Gasteiger partial charge in [-0.1, -0.05) is 13.8 Å². The van der Waals surface area contributed by atoms with Crippen LogP contribution in [0.4, 0.5) is 0 Å². The zero-order chi connectivity index (χ0) is 24.3. The molecule has 0 aliphatic carbocycles. The fourth-order valence-electron chi connectivity index (χ4n) is 3.91. The summed E-state index contributed by atoms with van der Waals surface area (Å²) >= 11 is 0. The first-order valence-electron chi connectivity index (χ1n) is 11.9. The SMILES string of the molecule is CCO[Si](OCC)(OCC)C(C)[Si](C)(C)O[Si](C)(C)C(C)[Si](OCC)(OCC)OCC. The molecule has 7 nitrogen and oxygen atoms in total. The number of hydrogen-bond donors (Lipinski definition) is 0. The Morgan fingerprint density at radius 1 is 0.452 bits per heavy atom. The van der Waals surface area contributed by atoms with E-state index in [0.29, 0.717) is 39.6 Å². The molecular weight excluding hydrogens is 465 g/mol. The highest BCUT2D eigenvalue weighted by atomic mass is 28.5. The van der Waals surface area contributed by atoms with E-state index < -0.39 is 34.2 Å². The molecule has 0 fully saturated rings. The Hall–Kier alpha value is 0.588. The maximum atomic E-state index is 7.11. The van der Waals surface area contributed by atoms with E-state index in [1.807, 2.05) is 41.5 Å². The minimum Gasteiger partial charge on any atom is -0.455 e. The van der Waals surface area contributed by atoms with Crippen molar-refractivity contribution in [1.29, 1.82) is 0 Å². The fourth-order valence-corrected chi connectivity index (χ4v) is 24.5. The van der Waals surface area contributed by atoms with Gasteiger partial charge in [-0.2, -0.15) is 0 Å². The first-order chi connectivity index (χ1) is 14.4. The average Bonchev–Trinajstić information content (AvgIpc) is 2.67. The molecule has 0 saturated heterocycles. The fraction of sp³-hybridized carbons (Fsp3) is 1.00. The molecule has 0 radical (unpaired) electrons. The Labute approximate surface area is 196 Å². The summed E-state index contributed by atoms with van der Waals surface area (Å²) in [6.07, 6.45) is 0. The summed E-state index contributed by atoms with van der Waals surface area (Å²) in [5, 5.41) is 0.169. The topological polar surface area (TPSA) is 64.6 Å². The van der Waals surface area contributed by atoms with Gasteiger partial charge in [-0.25, -0.2) is 0 Å². The highest BCUT2D eigenvalue weighted by Crippen LogP contribution is 2.41. The molecule has 0 aromatic carbocycles. The van der Waals surface area contributed by atoms with E-state index in [4.69, 9.17) is 30.7 Å². The lowest BCUT2D eigenvalue weighted by Crippen LogP contribution is -2.64. The van der Waals surface area contributed by atoms with Crippen LogP contribution in [0.1, 0.15) is 55.4 Å². The molecule has 0 aliphatic heterocycles. The summed E-state index contributed by atoms with van der Waals surface area (Å²) in [5.74, 6) is 0. The Morgan fingerprint density at radius 3 is 0.806 bits per heavy atom. The standard InChI is InChI=1S/C20H50O7Si4/c1-13-21-30(22-14-2,23-15-3)19(7)28(9,10)27-29(11,12)20(8)31(24-16-4,25-17-5)26-18-6/h19-20H,13-18H2,1-12H3. The van der Waals surface area contributed by atoms with Crippen LogP contribution in [0.25, 0.3) is 0 Å².